The number of hydrogen-bond acceptors (Lipinski definition) is 5. The molecule has 3 heterocycles. The average molecular weight is 254 g/mol. The molecule has 0 saturated heterocycles. The topological polar surface area (TPSA) is 68.0 Å². The number of fused-ring (bicyclic) bond motifs is 1. The summed E-state index contributed by atoms with van der Waals surface area (Å²) in [5, 5.41) is 7.50. The molecule has 6 nitrogen and oxygen atoms in total. The highest BCUT2D eigenvalue weighted by molar-refractivity contribution is 5.44. The summed E-state index contributed by atoms with van der Waals surface area (Å²) in [6, 6.07) is 3.96. The quantitative estimate of drug-likeness (QED) is 0.771. The highest BCUT2D eigenvalue weighted by Gasteiger charge is 2.03. The summed E-state index contributed by atoms with van der Waals surface area (Å²) in [6.45, 7) is 4.50. The number of aryl methyl sites for hydroxylation is 2. The molecule has 0 saturated carbocycles. The van der Waals surface area contributed by atoms with Gasteiger partial charge in [0, 0.05) is 12.4 Å². The van der Waals surface area contributed by atoms with Crippen molar-refractivity contribution in [2.24, 2.45) is 0 Å². The van der Waals surface area contributed by atoms with Gasteiger partial charge in [-0.2, -0.15) is 4.98 Å². The SMILES string of the molecule is Cc1ccc2nc(NCc3cnc(C)cn3)nn2c1. The van der Waals surface area contributed by atoms with Crippen LogP contribution in [-0.4, -0.2) is 24.6 Å². The molecule has 0 fully saturated rings. The molecule has 0 atom stereocenters. The van der Waals surface area contributed by atoms with E-state index in [1.807, 2.05) is 32.2 Å². The summed E-state index contributed by atoms with van der Waals surface area (Å²) in [7, 11) is 0. The second-order valence-corrected chi connectivity index (χ2v) is 4.45. The monoisotopic (exact) mass is 254 g/mol. The lowest BCUT2D eigenvalue weighted by Gasteiger charge is -2.00. The summed E-state index contributed by atoms with van der Waals surface area (Å²) < 4.78 is 1.76. The van der Waals surface area contributed by atoms with Crippen LogP contribution in [0.1, 0.15) is 17.0 Å². The predicted octanol–water partition coefficient (Wildman–Crippen LogP) is 1.75. The Kier molecular flexibility index (Phi) is 2.83. The first-order valence-electron chi connectivity index (χ1n) is 6.05. The molecule has 3 rings (SSSR count). The Bertz CT molecular complexity index is 701. The van der Waals surface area contributed by atoms with Crippen LogP contribution in [0, 0.1) is 13.8 Å². The first kappa shape index (κ1) is 11.6. The largest absolute Gasteiger partial charge is 0.347 e. The van der Waals surface area contributed by atoms with Crippen molar-refractivity contribution in [1.29, 1.82) is 0 Å². The number of pyridine rings is 1. The van der Waals surface area contributed by atoms with E-state index in [9.17, 15) is 0 Å². The highest BCUT2D eigenvalue weighted by Crippen LogP contribution is 2.07. The lowest BCUT2D eigenvalue weighted by Crippen LogP contribution is -2.04. The number of rotatable bonds is 3. The third-order valence-electron chi connectivity index (χ3n) is 2.74. The molecule has 0 bridgehead atoms. The summed E-state index contributed by atoms with van der Waals surface area (Å²) in [5.74, 6) is 0.591. The molecule has 0 aliphatic carbocycles. The second-order valence-electron chi connectivity index (χ2n) is 4.45. The van der Waals surface area contributed by atoms with Gasteiger partial charge in [-0.25, -0.2) is 4.52 Å². The third kappa shape index (κ3) is 2.52. The summed E-state index contributed by atoms with van der Waals surface area (Å²) in [6.07, 6.45) is 5.44. The van der Waals surface area contributed by atoms with Crippen molar-refractivity contribution >= 4 is 11.6 Å². The number of anilines is 1. The van der Waals surface area contributed by atoms with Crippen molar-refractivity contribution in [1.82, 2.24) is 24.6 Å². The fourth-order valence-electron chi connectivity index (χ4n) is 1.74. The Morgan fingerprint density at radius 2 is 2.05 bits per heavy atom. The van der Waals surface area contributed by atoms with Crippen molar-refractivity contribution in [3.63, 3.8) is 0 Å². The van der Waals surface area contributed by atoms with Gasteiger partial charge >= 0.3 is 0 Å². The molecule has 0 aliphatic heterocycles. The van der Waals surface area contributed by atoms with E-state index in [-0.39, 0.29) is 0 Å². The van der Waals surface area contributed by atoms with Crippen molar-refractivity contribution in [2.45, 2.75) is 20.4 Å². The molecule has 6 heteroatoms. The van der Waals surface area contributed by atoms with Crippen molar-refractivity contribution < 1.29 is 0 Å². The van der Waals surface area contributed by atoms with Crippen LogP contribution in [0.15, 0.2) is 30.7 Å². The molecule has 0 radical (unpaired) electrons. The number of aromatic nitrogens is 5. The van der Waals surface area contributed by atoms with Crippen LogP contribution in [0.25, 0.3) is 5.65 Å². The van der Waals surface area contributed by atoms with Gasteiger partial charge in [0.25, 0.3) is 0 Å². The van der Waals surface area contributed by atoms with Gasteiger partial charge in [0.1, 0.15) is 0 Å². The molecule has 0 aliphatic rings. The van der Waals surface area contributed by atoms with E-state index < -0.39 is 0 Å². The normalized spacial score (nSPS) is 10.8. The molecule has 3 aromatic rings. The summed E-state index contributed by atoms with van der Waals surface area (Å²) >= 11 is 0. The molecule has 0 aromatic carbocycles. The van der Waals surface area contributed by atoms with Gasteiger partial charge in [-0.05, 0) is 25.5 Å². The predicted molar refractivity (Wildman–Crippen MR) is 71.8 cm³/mol. The minimum absolute atomic E-state index is 0.559. The smallest absolute Gasteiger partial charge is 0.243 e. The number of nitrogens with one attached hydrogen (secondary N) is 1. The van der Waals surface area contributed by atoms with Crippen molar-refractivity contribution in [3.8, 4) is 0 Å². The maximum atomic E-state index is 4.38. The molecule has 3 aromatic heterocycles. The molecule has 96 valence electrons. The van der Waals surface area contributed by atoms with Crippen LogP contribution >= 0.6 is 0 Å². The average Bonchev–Trinajstić information content (AvgIpc) is 2.80. The summed E-state index contributed by atoms with van der Waals surface area (Å²) in [5.41, 5.74) is 3.74. The number of hydrogen-bond donors (Lipinski definition) is 1. The van der Waals surface area contributed by atoms with Crippen LogP contribution in [0.2, 0.25) is 0 Å². The zero-order valence-electron chi connectivity index (χ0n) is 10.8. The Balaban J connectivity index is 1.76. The Morgan fingerprint density at radius 1 is 1.16 bits per heavy atom. The maximum absolute atomic E-state index is 4.38. The van der Waals surface area contributed by atoms with Gasteiger partial charge in [-0.3, -0.25) is 9.97 Å². The molecular formula is C13H14N6. The molecule has 0 spiro atoms. The van der Waals surface area contributed by atoms with E-state index in [1.165, 1.54) is 0 Å². The van der Waals surface area contributed by atoms with Crippen LogP contribution in [-0.2, 0) is 6.54 Å². The zero-order chi connectivity index (χ0) is 13.2. The second kappa shape index (κ2) is 4.64. The third-order valence-corrected chi connectivity index (χ3v) is 2.74. The van der Waals surface area contributed by atoms with Crippen LogP contribution < -0.4 is 5.32 Å². The molecule has 1 N–H and O–H groups in total. The van der Waals surface area contributed by atoms with Gasteiger partial charge in [0.2, 0.25) is 5.95 Å². The first-order valence-corrected chi connectivity index (χ1v) is 6.05. The fraction of sp³-hybridized carbons (Fsp3) is 0.231. The van der Waals surface area contributed by atoms with E-state index in [1.54, 1.807) is 16.9 Å². The minimum Gasteiger partial charge on any atom is -0.347 e. The van der Waals surface area contributed by atoms with Gasteiger partial charge in [-0.1, -0.05) is 6.07 Å². The van der Waals surface area contributed by atoms with Crippen LogP contribution in [0.3, 0.4) is 0 Å². The maximum Gasteiger partial charge on any atom is 0.243 e. The Labute approximate surface area is 110 Å². The summed E-state index contributed by atoms with van der Waals surface area (Å²) in [4.78, 5) is 12.9. The lowest BCUT2D eigenvalue weighted by atomic mass is 10.3. The van der Waals surface area contributed by atoms with E-state index in [0.717, 1.165) is 22.6 Å². The van der Waals surface area contributed by atoms with Gasteiger partial charge in [-0.15, -0.1) is 5.10 Å². The highest BCUT2D eigenvalue weighted by atomic mass is 15.3. The van der Waals surface area contributed by atoms with E-state index >= 15 is 0 Å². The number of nitrogens with zero attached hydrogens (tertiary/aromatic N) is 5. The van der Waals surface area contributed by atoms with Crippen LogP contribution in [0.5, 0.6) is 0 Å². The minimum atomic E-state index is 0.559. The molecule has 19 heavy (non-hydrogen) atoms. The molecular weight excluding hydrogens is 240 g/mol. The lowest BCUT2D eigenvalue weighted by molar-refractivity contribution is 0.927. The van der Waals surface area contributed by atoms with E-state index in [4.69, 9.17) is 0 Å². The fourth-order valence-corrected chi connectivity index (χ4v) is 1.74. The van der Waals surface area contributed by atoms with Crippen molar-refractivity contribution in [2.75, 3.05) is 5.32 Å². The standard InChI is InChI=1S/C13H14N6/c1-9-3-4-12-17-13(18-19(12)8-9)16-7-11-6-14-10(2)5-15-11/h3-6,8H,7H2,1-2H3,(H,16,18). The van der Waals surface area contributed by atoms with Crippen molar-refractivity contribution in [3.05, 3.63) is 47.7 Å². The first-order chi connectivity index (χ1) is 9.20. The molecule has 0 amide bonds. The van der Waals surface area contributed by atoms with Gasteiger partial charge in [0.05, 0.1) is 24.1 Å². The van der Waals surface area contributed by atoms with Crippen LogP contribution in [0.4, 0.5) is 5.95 Å². The zero-order valence-corrected chi connectivity index (χ0v) is 10.8. The van der Waals surface area contributed by atoms with E-state index in [0.29, 0.717) is 12.5 Å². The van der Waals surface area contributed by atoms with Gasteiger partial charge < -0.3 is 5.32 Å². The van der Waals surface area contributed by atoms with Gasteiger partial charge in [0.15, 0.2) is 5.65 Å². The molecule has 0 unspecified atom stereocenters. The van der Waals surface area contributed by atoms with E-state index in [2.05, 4.69) is 25.4 Å². The Morgan fingerprint density at radius 3 is 2.84 bits per heavy atom. The Hall–Kier alpha value is -2.50.